The molecule has 0 aliphatic heterocycles. The van der Waals surface area contributed by atoms with Gasteiger partial charge in [-0.25, -0.2) is 4.79 Å². The molecule has 0 saturated heterocycles. The van der Waals surface area contributed by atoms with Crippen molar-refractivity contribution < 1.29 is 9.21 Å². The number of Topliss-reactive ketones (excluding diaryl/α,β-unsaturated/α-hetero) is 1. The molecule has 0 aliphatic carbocycles. The van der Waals surface area contributed by atoms with E-state index in [9.17, 15) is 9.59 Å². The van der Waals surface area contributed by atoms with Gasteiger partial charge in [0.15, 0.2) is 11.4 Å². The average molecular weight is 338 g/mol. The molecule has 0 atom stereocenters. The molecule has 4 nitrogen and oxygen atoms in total. The molecule has 0 amide bonds. The van der Waals surface area contributed by atoms with Crippen molar-refractivity contribution in [2.75, 3.05) is 0 Å². The number of hydrogen-bond acceptors (Lipinski definition) is 3. The molecule has 0 aliphatic rings. The lowest BCUT2D eigenvalue weighted by atomic mass is 10.00. The number of benzene rings is 1. The van der Waals surface area contributed by atoms with Crippen LogP contribution in [0.3, 0.4) is 0 Å². The summed E-state index contributed by atoms with van der Waals surface area (Å²) < 4.78 is 5.01. The Hall–Kier alpha value is -2.04. The van der Waals surface area contributed by atoms with Gasteiger partial charge in [-0.15, -0.1) is 0 Å². The highest BCUT2D eigenvalue weighted by atomic mass is 35.5. The molecule has 1 aromatic carbocycles. The zero-order chi connectivity index (χ0) is 16.4. The number of carbonyl (C=O) groups excluding carboxylic acids is 1. The summed E-state index contributed by atoms with van der Waals surface area (Å²) in [6.07, 6.45) is 2.94. The van der Waals surface area contributed by atoms with Crippen molar-refractivity contribution in [1.29, 1.82) is 0 Å². The van der Waals surface area contributed by atoms with Crippen LogP contribution in [0.15, 0.2) is 55.7 Å². The van der Waals surface area contributed by atoms with Gasteiger partial charge in [0, 0.05) is 21.2 Å². The van der Waals surface area contributed by atoms with Crippen molar-refractivity contribution in [3.05, 3.63) is 68.2 Å². The molecule has 2 rings (SSSR count). The fraction of sp³-hybridized carbons (Fsp3) is 0.125. The van der Waals surface area contributed by atoms with E-state index in [0.29, 0.717) is 27.3 Å². The number of H-pyrrole nitrogens is 1. The first-order valence-corrected chi connectivity index (χ1v) is 7.11. The predicted molar refractivity (Wildman–Crippen MR) is 88.6 cm³/mol. The molecule has 0 saturated carbocycles. The maximum atomic E-state index is 12.6. The summed E-state index contributed by atoms with van der Waals surface area (Å²) in [5, 5.41) is 0.645. The number of allylic oxidation sites excluding steroid dienone is 5. The summed E-state index contributed by atoms with van der Waals surface area (Å²) >= 11 is 11.6. The molecule has 1 aromatic heterocycles. The Bertz CT molecular complexity index is 880. The zero-order valence-electron chi connectivity index (χ0n) is 12.0. The minimum absolute atomic E-state index is 0.212. The molecule has 114 valence electrons. The molecule has 1 N–H and O–H groups in total. The Morgan fingerprint density at radius 1 is 1.32 bits per heavy atom. The van der Waals surface area contributed by atoms with Crippen LogP contribution in [0, 0.1) is 6.92 Å². The largest absolute Gasteiger partial charge is 0.417 e. The summed E-state index contributed by atoms with van der Waals surface area (Å²) in [7, 11) is 0. The second-order valence-corrected chi connectivity index (χ2v) is 5.87. The van der Waals surface area contributed by atoms with Gasteiger partial charge in [-0.05, 0) is 43.7 Å². The van der Waals surface area contributed by atoms with Gasteiger partial charge < -0.3 is 4.42 Å². The Morgan fingerprint density at radius 2 is 2.00 bits per heavy atom. The third kappa shape index (κ3) is 3.59. The first kappa shape index (κ1) is 16.3. The smallest absolute Gasteiger partial charge is 0.408 e. The second-order valence-electron chi connectivity index (χ2n) is 4.79. The number of aryl methyl sites for hydroxylation is 1. The number of oxazole rings is 1. The van der Waals surface area contributed by atoms with Crippen molar-refractivity contribution in [3.8, 4) is 0 Å². The van der Waals surface area contributed by atoms with E-state index in [0.717, 1.165) is 5.56 Å². The lowest BCUT2D eigenvalue weighted by molar-refractivity contribution is 0.103. The molecule has 22 heavy (non-hydrogen) atoms. The number of ketones is 1. The number of rotatable bonds is 4. The zero-order valence-corrected chi connectivity index (χ0v) is 13.5. The molecule has 1 heterocycles. The van der Waals surface area contributed by atoms with Crippen LogP contribution < -0.4 is 5.76 Å². The third-order valence-corrected chi connectivity index (χ3v) is 3.14. The maximum Gasteiger partial charge on any atom is 0.417 e. The van der Waals surface area contributed by atoms with Crippen LogP contribution in [0.25, 0.3) is 11.1 Å². The summed E-state index contributed by atoms with van der Waals surface area (Å²) in [4.78, 5) is 26.5. The lowest BCUT2D eigenvalue weighted by Gasteiger charge is -2.05. The number of aromatic amines is 1. The van der Waals surface area contributed by atoms with E-state index in [1.807, 2.05) is 0 Å². The summed E-state index contributed by atoms with van der Waals surface area (Å²) in [6.45, 7) is 6.98. The molecule has 0 fully saturated rings. The lowest BCUT2D eigenvalue weighted by Crippen LogP contribution is -2.03. The number of nitrogens with one attached hydrogen (secondary N) is 1. The SMILES string of the molecule is C=C(Cl)/C=C(\C=C(/C)Cl)C(=O)c1cc(C)c2[nH]c(=O)oc2c1. The summed E-state index contributed by atoms with van der Waals surface area (Å²) in [5.74, 6) is -0.861. The van der Waals surface area contributed by atoms with Crippen LogP contribution in [-0.2, 0) is 0 Å². The highest BCUT2D eigenvalue weighted by Crippen LogP contribution is 2.22. The van der Waals surface area contributed by atoms with Crippen LogP contribution >= 0.6 is 23.2 Å². The molecular weight excluding hydrogens is 325 g/mol. The van der Waals surface area contributed by atoms with Gasteiger partial charge in [-0.3, -0.25) is 9.78 Å². The highest BCUT2D eigenvalue weighted by Gasteiger charge is 2.15. The standard InChI is InChI=1S/C16H13Cl2NO3/c1-8-4-11(7-13-14(8)19-16(21)22-13)15(20)12(5-9(2)17)6-10(3)18/h4-7H,2H2,1,3H3,(H,19,21)/b10-6+,12-5+. The Kier molecular flexibility index (Phi) is 4.74. The normalized spacial score (nSPS) is 12.7. The fourth-order valence-corrected chi connectivity index (χ4v) is 2.31. The van der Waals surface area contributed by atoms with Crippen LogP contribution in [0.1, 0.15) is 22.8 Å². The van der Waals surface area contributed by atoms with E-state index in [1.165, 1.54) is 18.2 Å². The molecule has 6 heteroatoms. The van der Waals surface area contributed by atoms with Crippen molar-refractivity contribution >= 4 is 40.1 Å². The Morgan fingerprint density at radius 3 is 2.59 bits per heavy atom. The van der Waals surface area contributed by atoms with Crippen LogP contribution in [0.5, 0.6) is 0 Å². The average Bonchev–Trinajstić information content (AvgIpc) is 2.77. The minimum Gasteiger partial charge on any atom is -0.408 e. The van der Waals surface area contributed by atoms with Gasteiger partial charge in [0.2, 0.25) is 0 Å². The van der Waals surface area contributed by atoms with E-state index < -0.39 is 5.76 Å². The number of fused-ring (bicyclic) bond motifs is 1. The van der Waals surface area contributed by atoms with Crippen molar-refractivity contribution in [1.82, 2.24) is 4.98 Å². The molecule has 0 spiro atoms. The number of halogens is 2. The van der Waals surface area contributed by atoms with Crippen LogP contribution in [-0.4, -0.2) is 10.8 Å². The summed E-state index contributed by atoms with van der Waals surface area (Å²) in [6, 6.07) is 3.17. The topological polar surface area (TPSA) is 63.1 Å². The van der Waals surface area contributed by atoms with E-state index in [4.69, 9.17) is 27.6 Å². The maximum absolute atomic E-state index is 12.6. The number of aromatic nitrogens is 1. The minimum atomic E-state index is -0.566. The molecule has 2 aromatic rings. The predicted octanol–water partition coefficient (Wildman–Crippen LogP) is 4.43. The van der Waals surface area contributed by atoms with Gasteiger partial charge in [-0.1, -0.05) is 29.8 Å². The van der Waals surface area contributed by atoms with Gasteiger partial charge in [0.05, 0.1) is 5.52 Å². The first-order valence-electron chi connectivity index (χ1n) is 6.36. The van der Waals surface area contributed by atoms with Gasteiger partial charge in [0.1, 0.15) is 0 Å². The number of hydrogen-bond donors (Lipinski definition) is 1. The first-order chi connectivity index (χ1) is 10.3. The Labute approximate surface area is 136 Å². The van der Waals surface area contributed by atoms with E-state index >= 15 is 0 Å². The monoisotopic (exact) mass is 337 g/mol. The van der Waals surface area contributed by atoms with E-state index in [1.54, 1.807) is 19.9 Å². The molecule has 0 bridgehead atoms. The molecule has 0 unspecified atom stereocenters. The second kappa shape index (κ2) is 6.38. The van der Waals surface area contributed by atoms with Crippen molar-refractivity contribution in [2.45, 2.75) is 13.8 Å². The quantitative estimate of drug-likeness (QED) is 0.509. The van der Waals surface area contributed by atoms with E-state index in [-0.39, 0.29) is 10.8 Å². The van der Waals surface area contributed by atoms with Gasteiger partial charge >= 0.3 is 5.76 Å². The van der Waals surface area contributed by atoms with Crippen molar-refractivity contribution in [3.63, 3.8) is 0 Å². The Balaban J connectivity index is 2.58. The van der Waals surface area contributed by atoms with E-state index in [2.05, 4.69) is 11.6 Å². The number of carbonyl (C=O) groups is 1. The molecule has 0 radical (unpaired) electrons. The summed E-state index contributed by atoms with van der Waals surface area (Å²) in [5.41, 5.74) is 2.28. The highest BCUT2D eigenvalue weighted by molar-refractivity contribution is 6.32. The van der Waals surface area contributed by atoms with Crippen LogP contribution in [0.2, 0.25) is 0 Å². The fourth-order valence-electron chi connectivity index (χ4n) is 2.08. The van der Waals surface area contributed by atoms with Crippen LogP contribution in [0.4, 0.5) is 0 Å². The molecular formula is C16H13Cl2NO3. The van der Waals surface area contributed by atoms with Crippen molar-refractivity contribution in [2.24, 2.45) is 0 Å². The third-order valence-electron chi connectivity index (χ3n) is 2.92. The van der Waals surface area contributed by atoms with Gasteiger partial charge in [0.25, 0.3) is 0 Å². The van der Waals surface area contributed by atoms with Gasteiger partial charge in [-0.2, -0.15) is 0 Å².